The summed E-state index contributed by atoms with van der Waals surface area (Å²) in [7, 11) is 0. The Morgan fingerprint density at radius 1 is 1.50 bits per heavy atom. The van der Waals surface area contributed by atoms with E-state index in [9.17, 15) is 18.0 Å². The van der Waals surface area contributed by atoms with Gasteiger partial charge < -0.3 is 0 Å². The van der Waals surface area contributed by atoms with Crippen molar-refractivity contribution in [3.8, 4) is 0 Å². The van der Waals surface area contributed by atoms with Crippen molar-refractivity contribution in [1.29, 1.82) is 0 Å². The van der Waals surface area contributed by atoms with Crippen LogP contribution < -0.4 is 0 Å². The van der Waals surface area contributed by atoms with E-state index in [2.05, 4.69) is 21.0 Å². The van der Waals surface area contributed by atoms with Crippen molar-refractivity contribution >= 4 is 21.7 Å². The highest BCUT2D eigenvalue weighted by molar-refractivity contribution is 9.10. The van der Waals surface area contributed by atoms with Crippen molar-refractivity contribution < 1.29 is 18.0 Å². The van der Waals surface area contributed by atoms with Gasteiger partial charge in [-0.25, -0.2) is 0 Å². The fraction of sp³-hybridized carbons (Fsp3) is 0.556. The minimum Gasteiger partial charge on any atom is -0.289 e. The lowest BCUT2D eigenvalue weighted by Gasteiger charge is -2.07. The number of alkyl halides is 3. The van der Waals surface area contributed by atoms with Gasteiger partial charge in [0.15, 0.2) is 0 Å². The van der Waals surface area contributed by atoms with Crippen LogP contribution in [0.2, 0.25) is 0 Å². The smallest absolute Gasteiger partial charge is 0.289 e. The number of carbonyl (C=O) groups is 1. The quantitative estimate of drug-likeness (QED) is 0.860. The Bertz CT molecular complexity index is 412. The van der Waals surface area contributed by atoms with E-state index in [4.69, 9.17) is 0 Å². The second-order valence-corrected chi connectivity index (χ2v) is 4.05. The molecule has 0 unspecified atom stereocenters. The number of carbonyl (C=O) groups excluding carboxylic acids is 1. The first-order chi connectivity index (χ1) is 7.27. The number of aryl methyl sites for hydroxylation is 2. The second kappa shape index (κ2) is 4.57. The molecule has 0 bridgehead atoms. The molecule has 1 aromatic heterocycles. The van der Waals surface area contributed by atoms with Crippen molar-refractivity contribution in [2.45, 2.75) is 33.0 Å². The number of ketones is 1. The standard InChI is InChI=1S/C9H10BrF3N2O/c1-3-15-6(8(10)5(2)14-15)4-7(16)9(11,12)13/h3-4H2,1-2H3. The summed E-state index contributed by atoms with van der Waals surface area (Å²) in [6.45, 7) is 3.84. The van der Waals surface area contributed by atoms with Gasteiger partial charge in [-0.2, -0.15) is 18.3 Å². The first-order valence-electron chi connectivity index (χ1n) is 4.59. The molecule has 0 amide bonds. The van der Waals surface area contributed by atoms with Gasteiger partial charge in [-0.15, -0.1) is 0 Å². The molecule has 0 fully saturated rings. The zero-order valence-electron chi connectivity index (χ0n) is 8.73. The summed E-state index contributed by atoms with van der Waals surface area (Å²) in [5.74, 6) is -1.76. The normalized spacial score (nSPS) is 11.9. The predicted molar refractivity (Wildman–Crippen MR) is 55.1 cm³/mol. The zero-order chi connectivity index (χ0) is 12.5. The highest BCUT2D eigenvalue weighted by Gasteiger charge is 2.38. The number of nitrogens with zero attached hydrogens (tertiary/aromatic N) is 2. The Morgan fingerprint density at radius 3 is 2.50 bits per heavy atom. The van der Waals surface area contributed by atoms with Gasteiger partial charge in [0.05, 0.1) is 22.3 Å². The maximum absolute atomic E-state index is 12.1. The van der Waals surface area contributed by atoms with Crippen LogP contribution in [0.1, 0.15) is 18.3 Å². The number of aromatic nitrogens is 2. The average Bonchev–Trinajstić information content (AvgIpc) is 2.44. The number of hydrogen-bond donors (Lipinski definition) is 0. The van der Waals surface area contributed by atoms with Crippen molar-refractivity contribution in [3.05, 3.63) is 15.9 Å². The lowest BCUT2D eigenvalue weighted by atomic mass is 10.2. The third kappa shape index (κ3) is 2.63. The van der Waals surface area contributed by atoms with Crippen molar-refractivity contribution in [2.75, 3.05) is 0 Å². The molecule has 7 heteroatoms. The molecule has 16 heavy (non-hydrogen) atoms. The lowest BCUT2D eigenvalue weighted by molar-refractivity contribution is -0.170. The van der Waals surface area contributed by atoms with Gasteiger partial charge in [-0.05, 0) is 29.8 Å². The SMILES string of the molecule is CCn1nc(C)c(Br)c1CC(=O)C(F)(F)F. The maximum atomic E-state index is 12.1. The molecular formula is C9H10BrF3N2O. The Hall–Kier alpha value is -0.850. The summed E-state index contributed by atoms with van der Waals surface area (Å²) in [5, 5.41) is 4.01. The van der Waals surface area contributed by atoms with Crippen LogP contribution in [0.5, 0.6) is 0 Å². The van der Waals surface area contributed by atoms with Gasteiger partial charge >= 0.3 is 6.18 Å². The van der Waals surface area contributed by atoms with E-state index in [-0.39, 0.29) is 5.69 Å². The van der Waals surface area contributed by atoms with Crippen LogP contribution in [0.25, 0.3) is 0 Å². The molecule has 0 N–H and O–H groups in total. The van der Waals surface area contributed by atoms with E-state index in [0.29, 0.717) is 16.7 Å². The predicted octanol–water partition coefficient (Wildman–Crippen LogP) is 2.65. The second-order valence-electron chi connectivity index (χ2n) is 3.26. The number of halogens is 4. The molecule has 3 nitrogen and oxygen atoms in total. The maximum Gasteiger partial charge on any atom is 0.450 e. The summed E-state index contributed by atoms with van der Waals surface area (Å²) in [5.41, 5.74) is 0.842. The number of hydrogen-bond acceptors (Lipinski definition) is 2. The summed E-state index contributed by atoms with van der Waals surface area (Å²) >= 11 is 3.13. The zero-order valence-corrected chi connectivity index (χ0v) is 10.3. The van der Waals surface area contributed by atoms with E-state index in [0.717, 1.165) is 0 Å². The van der Waals surface area contributed by atoms with Gasteiger partial charge in [0.2, 0.25) is 5.78 Å². The molecule has 0 saturated heterocycles. The number of rotatable bonds is 3. The van der Waals surface area contributed by atoms with Crippen molar-refractivity contribution in [3.63, 3.8) is 0 Å². The first-order valence-corrected chi connectivity index (χ1v) is 5.38. The van der Waals surface area contributed by atoms with E-state index in [1.54, 1.807) is 13.8 Å². The van der Waals surface area contributed by atoms with Crippen LogP contribution in [-0.2, 0) is 17.8 Å². The monoisotopic (exact) mass is 298 g/mol. The molecule has 1 heterocycles. The van der Waals surface area contributed by atoms with Crippen LogP contribution in [-0.4, -0.2) is 21.7 Å². The van der Waals surface area contributed by atoms with Crippen molar-refractivity contribution in [1.82, 2.24) is 9.78 Å². The van der Waals surface area contributed by atoms with E-state index in [1.165, 1.54) is 4.68 Å². The van der Waals surface area contributed by atoms with Crippen molar-refractivity contribution in [2.24, 2.45) is 0 Å². The molecular weight excluding hydrogens is 289 g/mol. The molecule has 0 radical (unpaired) electrons. The number of Topliss-reactive ketones (excluding diaryl/α,β-unsaturated/α-hetero) is 1. The Labute approximate surface area is 98.8 Å². The van der Waals surface area contributed by atoms with Crippen LogP contribution >= 0.6 is 15.9 Å². The minimum absolute atomic E-state index is 0.266. The highest BCUT2D eigenvalue weighted by atomic mass is 79.9. The van der Waals surface area contributed by atoms with Crippen LogP contribution in [0.3, 0.4) is 0 Å². The molecule has 0 saturated carbocycles. The molecule has 1 rings (SSSR count). The van der Waals surface area contributed by atoms with Gasteiger partial charge in [0.25, 0.3) is 0 Å². The lowest BCUT2D eigenvalue weighted by Crippen LogP contribution is -2.25. The molecule has 0 spiro atoms. The molecule has 1 aromatic rings. The molecule has 0 aliphatic carbocycles. The highest BCUT2D eigenvalue weighted by Crippen LogP contribution is 2.25. The average molecular weight is 299 g/mol. The molecule has 0 aromatic carbocycles. The van der Waals surface area contributed by atoms with E-state index < -0.39 is 18.4 Å². The summed E-state index contributed by atoms with van der Waals surface area (Å²) in [6.07, 6.45) is -5.48. The third-order valence-corrected chi connectivity index (χ3v) is 3.13. The Balaban J connectivity index is 3.01. The molecule has 90 valence electrons. The van der Waals surface area contributed by atoms with Gasteiger partial charge in [-0.3, -0.25) is 9.48 Å². The van der Waals surface area contributed by atoms with E-state index >= 15 is 0 Å². The topological polar surface area (TPSA) is 34.9 Å². The van der Waals surface area contributed by atoms with Crippen LogP contribution in [0.15, 0.2) is 4.47 Å². The van der Waals surface area contributed by atoms with Crippen LogP contribution in [0.4, 0.5) is 13.2 Å². The largest absolute Gasteiger partial charge is 0.450 e. The first kappa shape index (κ1) is 13.2. The van der Waals surface area contributed by atoms with Gasteiger partial charge in [0, 0.05) is 6.54 Å². The van der Waals surface area contributed by atoms with Gasteiger partial charge in [-0.1, -0.05) is 0 Å². The summed E-state index contributed by atoms with van der Waals surface area (Å²) in [4.78, 5) is 10.9. The molecule has 0 atom stereocenters. The van der Waals surface area contributed by atoms with Gasteiger partial charge in [0.1, 0.15) is 0 Å². The Kier molecular flexibility index (Phi) is 3.77. The fourth-order valence-electron chi connectivity index (χ4n) is 1.29. The van der Waals surface area contributed by atoms with Crippen LogP contribution in [0, 0.1) is 6.92 Å². The minimum atomic E-state index is -4.80. The Morgan fingerprint density at radius 2 is 2.06 bits per heavy atom. The fourth-order valence-corrected chi connectivity index (χ4v) is 1.71. The molecule has 0 aliphatic heterocycles. The third-order valence-electron chi connectivity index (χ3n) is 2.10. The molecule has 0 aliphatic rings. The van der Waals surface area contributed by atoms with E-state index in [1.807, 2.05) is 0 Å². The summed E-state index contributed by atoms with van der Waals surface area (Å²) in [6, 6.07) is 0. The summed E-state index contributed by atoms with van der Waals surface area (Å²) < 4.78 is 38.2.